The van der Waals surface area contributed by atoms with Crippen molar-refractivity contribution in [1.82, 2.24) is 0 Å². The second-order valence-corrected chi connectivity index (χ2v) is 3.13. The zero-order valence-electron chi connectivity index (χ0n) is 9.99. The number of esters is 1. The Balaban J connectivity index is 3.10. The molecule has 0 saturated carbocycles. The molecule has 0 bridgehead atoms. The maximum Gasteiger partial charge on any atom is 0.333 e. The summed E-state index contributed by atoms with van der Waals surface area (Å²) in [6, 6.07) is 0. The van der Waals surface area contributed by atoms with Crippen LogP contribution in [0.2, 0.25) is 0 Å². The zero-order valence-corrected chi connectivity index (χ0v) is 9.99. The fourth-order valence-corrected chi connectivity index (χ4v) is 0.781. The van der Waals surface area contributed by atoms with E-state index in [-0.39, 0.29) is 12.6 Å². The summed E-state index contributed by atoms with van der Waals surface area (Å²) in [5, 5.41) is 0. The second kappa shape index (κ2) is 10.6. The highest BCUT2D eigenvalue weighted by molar-refractivity contribution is 5.86. The van der Waals surface area contributed by atoms with Gasteiger partial charge in [-0.2, -0.15) is 0 Å². The average Bonchev–Trinajstić information content (AvgIpc) is 2.26. The Hall–Kier alpha value is -0.910. The number of hydrogen-bond donors (Lipinski definition) is 0. The zero-order chi connectivity index (χ0) is 12.2. The molecule has 0 rings (SSSR count). The molecule has 0 aliphatic rings. The van der Waals surface area contributed by atoms with E-state index in [1.165, 1.54) is 0 Å². The Morgan fingerprint density at radius 2 is 1.50 bits per heavy atom. The van der Waals surface area contributed by atoms with E-state index in [4.69, 9.17) is 18.9 Å². The number of rotatable bonds is 10. The molecule has 0 spiro atoms. The van der Waals surface area contributed by atoms with Crippen LogP contribution in [0.5, 0.6) is 0 Å². The van der Waals surface area contributed by atoms with E-state index in [9.17, 15) is 4.79 Å². The lowest BCUT2D eigenvalue weighted by Gasteiger charge is -2.06. The third-order valence-corrected chi connectivity index (χ3v) is 1.61. The van der Waals surface area contributed by atoms with Gasteiger partial charge in [0, 0.05) is 12.7 Å². The maximum absolute atomic E-state index is 10.9. The number of hydrogen-bond acceptors (Lipinski definition) is 5. The van der Waals surface area contributed by atoms with Crippen molar-refractivity contribution in [3.63, 3.8) is 0 Å². The van der Waals surface area contributed by atoms with Crippen LogP contribution in [0, 0.1) is 0 Å². The van der Waals surface area contributed by atoms with Gasteiger partial charge < -0.3 is 18.9 Å². The van der Waals surface area contributed by atoms with Gasteiger partial charge in [-0.05, 0) is 6.92 Å². The van der Waals surface area contributed by atoms with Crippen molar-refractivity contribution >= 4 is 5.97 Å². The van der Waals surface area contributed by atoms with Crippen molar-refractivity contribution in [2.45, 2.75) is 6.92 Å². The van der Waals surface area contributed by atoms with Gasteiger partial charge in [0.15, 0.2) is 0 Å². The van der Waals surface area contributed by atoms with Crippen LogP contribution in [-0.2, 0) is 23.7 Å². The SMILES string of the molecule is C=C(C)C(=O)OCCOCCOCCOC. The van der Waals surface area contributed by atoms with E-state index in [1.807, 2.05) is 0 Å². The van der Waals surface area contributed by atoms with Gasteiger partial charge in [-0.25, -0.2) is 4.79 Å². The molecule has 0 atom stereocenters. The maximum atomic E-state index is 10.9. The Morgan fingerprint density at radius 1 is 1.00 bits per heavy atom. The van der Waals surface area contributed by atoms with Crippen LogP contribution in [-0.4, -0.2) is 52.7 Å². The predicted octanol–water partition coefficient (Wildman–Crippen LogP) is 0.785. The molecule has 5 heteroatoms. The Bertz CT molecular complexity index is 203. The minimum Gasteiger partial charge on any atom is -0.460 e. The first-order valence-corrected chi connectivity index (χ1v) is 5.15. The Morgan fingerprint density at radius 3 is 2.00 bits per heavy atom. The van der Waals surface area contributed by atoms with Crippen molar-refractivity contribution in [1.29, 1.82) is 0 Å². The third kappa shape index (κ3) is 9.64. The third-order valence-electron chi connectivity index (χ3n) is 1.61. The molecule has 0 N–H and O–H groups in total. The number of carbonyl (C=O) groups is 1. The predicted molar refractivity (Wildman–Crippen MR) is 59.3 cm³/mol. The fraction of sp³-hybridized carbons (Fsp3) is 0.727. The first-order chi connectivity index (χ1) is 7.68. The summed E-state index contributed by atoms with van der Waals surface area (Å²) in [5.41, 5.74) is 0.392. The molecule has 0 radical (unpaired) electrons. The first-order valence-electron chi connectivity index (χ1n) is 5.15. The molecule has 94 valence electrons. The molecule has 0 aromatic rings. The van der Waals surface area contributed by atoms with Gasteiger partial charge in [0.2, 0.25) is 0 Å². The van der Waals surface area contributed by atoms with Crippen molar-refractivity contribution in [2.75, 3.05) is 46.8 Å². The minimum atomic E-state index is -0.389. The number of methoxy groups -OCH3 is 1. The lowest BCUT2D eigenvalue weighted by Crippen LogP contribution is -2.13. The normalized spacial score (nSPS) is 10.1. The summed E-state index contributed by atoms with van der Waals surface area (Å²) in [6.45, 7) is 7.81. The van der Waals surface area contributed by atoms with Crippen molar-refractivity contribution in [3.05, 3.63) is 12.2 Å². The Labute approximate surface area is 96.3 Å². The summed E-state index contributed by atoms with van der Waals surface area (Å²) in [4.78, 5) is 10.9. The van der Waals surface area contributed by atoms with Gasteiger partial charge in [-0.15, -0.1) is 0 Å². The van der Waals surface area contributed by atoms with E-state index in [2.05, 4.69) is 6.58 Å². The highest BCUT2D eigenvalue weighted by atomic mass is 16.6. The summed E-state index contributed by atoms with van der Waals surface area (Å²) in [7, 11) is 1.62. The molecule has 0 heterocycles. The van der Waals surface area contributed by atoms with Gasteiger partial charge in [0.1, 0.15) is 6.61 Å². The molecule has 5 nitrogen and oxygen atoms in total. The molecule has 16 heavy (non-hydrogen) atoms. The van der Waals surface area contributed by atoms with Crippen molar-refractivity contribution in [2.24, 2.45) is 0 Å². The molecular formula is C11H20O5. The highest BCUT2D eigenvalue weighted by Gasteiger charge is 2.01. The first kappa shape index (κ1) is 15.1. The van der Waals surface area contributed by atoms with E-state index in [0.29, 0.717) is 38.6 Å². The molecule has 0 aliphatic carbocycles. The second-order valence-electron chi connectivity index (χ2n) is 3.13. The largest absolute Gasteiger partial charge is 0.460 e. The summed E-state index contributed by atoms with van der Waals surface area (Å²) < 4.78 is 20.0. The summed E-state index contributed by atoms with van der Waals surface area (Å²) in [5.74, 6) is -0.389. The average molecular weight is 232 g/mol. The molecule has 0 aromatic carbocycles. The minimum absolute atomic E-state index is 0.240. The van der Waals surface area contributed by atoms with Gasteiger partial charge in [0.25, 0.3) is 0 Å². The highest BCUT2D eigenvalue weighted by Crippen LogP contribution is 1.91. The number of ether oxygens (including phenoxy) is 4. The molecule has 0 unspecified atom stereocenters. The molecule has 0 fully saturated rings. The van der Waals surface area contributed by atoms with Crippen LogP contribution in [0.4, 0.5) is 0 Å². The molecule has 0 saturated heterocycles. The summed E-state index contributed by atoms with van der Waals surface area (Å²) in [6.07, 6.45) is 0. The number of carbonyl (C=O) groups excluding carboxylic acids is 1. The lowest BCUT2D eigenvalue weighted by molar-refractivity contribution is -0.140. The topological polar surface area (TPSA) is 54.0 Å². The van der Waals surface area contributed by atoms with E-state index >= 15 is 0 Å². The van der Waals surface area contributed by atoms with Crippen molar-refractivity contribution in [3.8, 4) is 0 Å². The van der Waals surface area contributed by atoms with Crippen LogP contribution in [0.15, 0.2) is 12.2 Å². The standard InChI is InChI=1S/C11H20O5/c1-10(2)11(12)16-9-8-15-7-6-14-5-4-13-3/h1,4-9H2,2-3H3. The smallest absolute Gasteiger partial charge is 0.333 e. The van der Waals surface area contributed by atoms with E-state index < -0.39 is 0 Å². The van der Waals surface area contributed by atoms with Crippen LogP contribution < -0.4 is 0 Å². The molecule has 0 aliphatic heterocycles. The quantitative estimate of drug-likeness (QED) is 0.316. The van der Waals surface area contributed by atoms with Gasteiger partial charge in [-0.1, -0.05) is 6.58 Å². The Kier molecular flexibility index (Phi) is 10.00. The van der Waals surface area contributed by atoms with E-state index in [1.54, 1.807) is 14.0 Å². The van der Waals surface area contributed by atoms with Crippen LogP contribution in [0.3, 0.4) is 0 Å². The van der Waals surface area contributed by atoms with Gasteiger partial charge in [0.05, 0.1) is 33.0 Å². The summed E-state index contributed by atoms with van der Waals surface area (Å²) >= 11 is 0. The van der Waals surface area contributed by atoms with E-state index in [0.717, 1.165) is 0 Å². The van der Waals surface area contributed by atoms with Gasteiger partial charge in [-0.3, -0.25) is 0 Å². The monoisotopic (exact) mass is 232 g/mol. The van der Waals surface area contributed by atoms with Crippen molar-refractivity contribution < 1.29 is 23.7 Å². The molecule has 0 amide bonds. The van der Waals surface area contributed by atoms with Crippen LogP contribution in [0.1, 0.15) is 6.92 Å². The van der Waals surface area contributed by atoms with Gasteiger partial charge >= 0.3 is 5.97 Å². The van der Waals surface area contributed by atoms with Crippen LogP contribution >= 0.6 is 0 Å². The lowest BCUT2D eigenvalue weighted by atomic mass is 10.4. The van der Waals surface area contributed by atoms with Crippen LogP contribution in [0.25, 0.3) is 0 Å². The fourth-order valence-electron chi connectivity index (χ4n) is 0.781. The molecule has 0 aromatic heterocycles. The molecular weight excluding hydrogens is 212 g/mol.